The van der Waals surface area contributed by atoms with E-state index in [1.165, 1.54) is 0 Å². The van der Waals surface area contributed by atoms with E-state index < -0.39 is 0 Å². The molecule has 0 aliphatic carbocycles. The third-order valence-electron chi connectivity index (χ3n) is 3.59. The number of nitrogens with zero attached hydrogens (tertiary/aromatic N) is 1. The van der Waals surface area contributed by atoms with E-state index in [9.17, 15) is 4.79 Å². The van der Waals surface area contributed by atoms with Gasteiger partial charge in [0.25, 0.3) is 0 Å². The average molecular weight is 243 g/mol. The number of aromatic nitrogens is 1. The standard InChI is InChI=1S/C14H17N3O/c15-11-5-6-17(9-11)14(18)7-10-8-16-13-4-2-1-3-12(10)13/h1-4,8,11,16H,5-7,9,15H2/t11-/m1/s1. The van der Waals surface area contributed by atoms with Crippen LogP contribution in [0.15, 0.2) is 30.5 Å². The van der Waals surface area contributed by atoms with Crippen LogP contribution < -0.4 is 5.73 Å². The number of para-hydroxylation sites is 1. The van der Waals surface area contributed by atoms with Crippen molar-refractivity contribution in [2.75, 3.05) is 13.1 Å². The number of carbonyl (C=O) groups excluding carboxylic acids is 1. The average Bonchev–Trinajstić information content (AvgIpc) is 2.97. The Morgan fingerprint density at radius 1 is 1.44 bits per heavy atom. The lowest BCUT2D eigenvalue weighted by Gasteiger charge is -2.15. The highest BCUT2D eigenvalue weighted by Crippen LogP contribution is 2.19. The molecule has 1 aromatic carbocycles. The van der Waals surface area contributed by atoms with Crippen LogP contribution in [0, 0.1) is 0 Å². The van der Waals surface area contributed by atoms with Crippen molar-refractivity contribution in [1.29, 1.82) is 0 Å². The molecule has 0 radical (unpaired) electrons. The Bertz CT molecular complexity index is 575. The number of carbonyl (C=O) groups is 1. The molecular formula is C14H17N3O. The Labute approximate surface area is 106 Å². The number of H-pyrrole nitrogens is 1. The molecule has 18 heavy (non-hydrogen) atoms. The Morgan fingerprint density at radius 3 is 3.06 bits per heavy atom. The van der Waals surface area contributed by atoms with Crippen LogP contribution in [-0.4, -0.2) is 34.9 Å². The highest BCUT2D eigenvalue weighted by molar-refractivity contribution is 5.88. The fourth-order valence-electron chi connectivity index (χ4n) is 2.57. The number of fused-ring (bicyclic) bond motifs is 1. The summed E-state index contributed by atoms with van der Waals surface area (Å²) in [5.74, 6) is 0.174. The minimum absolute atomic E-state index is 0.150. The molecule has 2 aromatic rings. The first-order chi connectivity index (χ1) is 8.74. The molecule has 1 aromatic heterocycles. The fourth-order valence-corrected chi connectivity index (χ4v) is 2.57. The second-order valence-electron chi connectivity index (χ2n) is 4.92. The smallest absolute Gasteiger partial charge is 0.227 e. The summed E-state index contributed by atoms with van der Waals surface area (Å²) in [5.41, 5.74) is 7.97. The van der Waals surface area contributed by atoms with Crippen LogP contribution in [-0.2, 0) is 11.2 Å². The molecule has 1 atom stereocenters. The van der Waals surface area contributed by atoms with Crippen molar-refractivity contribution in [3.8, 4) is 0 Å². The van der Waals surface area contributed by atoms with Gasteiger partial charge in [-0.15, -0.1) is 0 Å². The summed E-state index contributed by atoms with van der Waals surface area (Å²) in [6.07, 6.45) is 3.30. The zero-order valence-electron chi connectivity index (χ0n) is 10.2. The highest BCUT2D eigenvalue weighted by Gasteiger charge is 2.23. The van der Waals surface area contributed by atoms with Crippen molar-refractivity contribution < 1.29 is 4.79 Å². The Balaban J connectivity index is 1.78. The molecule has 3 N–H and O–H groups in total. The third-order valence-corrected chi connectivity index (χ3v) is 3.59. The second kappa shape index (κ2) is 4.46. The van der Waals surface area contributed by atoms with Crippen molar-refractivity contribution in [2.24, 2.45) is 5.73 Å². The highest BCUT2D eigenvalue weighted by atomic mass is 16.2. The van der Waals surface area contributed by atoms with Gasteiger partial charge in [-0.05, 0) is 18.1 Å². The number of nitrogens with one attached hydrogen (secondary N) is 1. The van der Waals surface area contributed by atoms with Crippen LogP contribution in [0.1, 0.15) is 12.0 Å². The maximum atomic E-state index is 12.2. The number of nitrogens with two attached hydrogens (primary N) is 1. The zero-order chi connectivity index (χ0) is 12.5. The van der Waals surface area contributed by atoms with Crippen molar-refractivity contribution in [2.45, 2.75) is 18.9 Å². The minimum atomic E-state index is 0.150. The molecule has 2 heterocycles. The van der Waals surface area contributed by atoms with Crippen LogP contribution in [0.3, 0.4) is 0 Å². The van der Waals surface area contributed by atoms with Gasteiger partial charge in [-0.1, -0.05) is 18.2 Å². The Kier molecular flexibility index (Phi) is 2.80. The number of aromatic amines is 1. The molecule has 0 saturated carbocycles. The van der Waals surface area contributed by atoms with E-state index in [4.69, 9.17) is 5.73 Å². The molecule has 3 rings (SSSR count). The van der Waals surface area contributed by atoms with E-state index in [1.54, 1.807) is 0 Å². The van der Waals surface area contributed by atoms with Crippen molar-refractivity contribution >= 4 is 16.8 Å². The molecule has 1 saturated heterocycles. The van der Waals surface area contributed by atoms with Gasteiger partial charge in [0.1, 0.15) is 0 Å². The molecule has 4 nitrogen and oxygen atoms in total. The summed E-state index contributed by atoms with van der Waals surface area (Å²) < 4.78 is 0. The maximum Gasteiger partial charge on any atom is 0.227 e. The van der Waals surface area contributed by atoms with E-state index >= 15 is 0 Å². The summed E-state index contributed by atoms with van der Waals surface area (Å²) in [6, 6.07) is 8.20. The number of rotatable bonds is 2. The fraction of sp³-hybridized carbons (Fsp3) is 0.357. The predicted molar refractivity (Wildman–Crippen MR) is 71.2 cm³/mol. The predicted octanol–water partition coefficient (Wildman–Crippen LogP) is 1.27. The summed E-state index contributed by atoms with van der Waals surface area (Å²) in [5, 5.41) is 1.13. The molecule has 1 aliphatic heterocycles. The number of hydrogen-bond donors (Lipinski definition) is 2. The van der Waals surface area contributed by atoms with E-state index in [2.05, 4.69) is 4.98 Å². The third kappa shape index (κ3) is 1.99. The lowest BCUT2D eigenvalue weighted by atomic mass is 10.1. The SMILES string of the molecule is N[C@@H]1CCN(C(=O)Cc2c[nH]c3ccccc23)C1. The first-order valence-corrected chi connectivity index (χ1v) is 6.32. The summed E-state index contributed by atoms with van der Waals surface area (Å²) in [6.45, 7) is 1.49. The molecule has 1 amide bonds. The van der Waals surface area contributed by atoms with Crippen molar-refractivity contribution in [3.63, 3.8) is 0 Å². The van der Waals surface area contributed by atoms with Crippen LogP contribution >= 0.6 is 0 Å². The molecule has 0 spiro atoms. The molecular weight excluding hydrogens is 226 g/mol. The lowest BCUT2D eigenvalue weighted by Crippen LogP contribution is -2.32. The maximum absolute atomic E-state index is 12.2. The van der Waals surface area contributed by atoms with Gasteiger partial charge in [-0.2, -0.15) is 0 Å². The van der Waals surface area contributed by atoms with Gasteiger partial charge in [0.2, 0.25) is 5.91 Å². The van der Waals surface area contributed by atoms with Gasteiger partial charge < -0.3 is 15.6 Å². The quantitative estimate of drug-likeness (QED) is 0.834. The summed E-state index contributed by atoms with van der Waals surface area (Å²) >= 11 is 0. The number of likely N-dealkylation sites (tertiary alicyclic amines) is 1. The van der Waals surface area contributed by atoms with Crippen molar-refractivity contribution in [3.05, 3.63) is 36.0 Å². The topological polar surface area (TPSA) is 62.1 Å². The van der Waals surface area contributed by atoms with Gasteiger partial charge in [0, 0.05) is 36.2 Å². The van der Waals surface area contributed by atoms with E-state index in [0.717, 1.165) is 29.4 Å². The van der Waals surface area contributed by atoms with Gasteiger partial charge in [-0.3, -0.25) is 4.79 Å². The molecule has 1 fully saturated rings. The normalized spacial score (nSPS) is 19.6. The van der Waals surface area contributed by atoms with Crippen LogP contribution in [0.5, 0.6) is 0 Å². The van der Waals surface area contributed by atoms with E-state index in [-0.39, 0.29) is 11.9 Å². The number of hydrogen-bond acceptors (Lipinski definition) is 2. The van der Waals surface area contributed by atoms with Gasteiger partial charge >= 0.3 is 0 Å². The summed E-state index contributed by atoms with van der Waals surface area (Å²) in [7, 11) is 0. The molecule has 1 aliphatic rings. The first-order valence-electron chi connectivity index (χ1n) is 6.32. The monoisotopic (exact) mass is 243 g/mol. The van der Waals surface area contributed by atoms with Gasteiger partial charge in [0.05, 0.1) is 6.42 Å². The molecule has 0 bridgehead atoms. The Hall–Kier alpha value is -1.81. The first kappa shape index (κ1) is 11.3. The van der Waals surface area contributed by atoms with Crippen LogP contribution in [0.25, 0.3) is 10.9 Å². The van der Waals surface area contributed by atoms with Crippen molar-refractivity contribution in [1.82, 2.24) is 9.88 Å². The summed E-state index contributed by atoms with van der Waals surface area (Å²) in [4.78, 5) is 17.2. The minimum Gasteiger partial charge on any atom is -0.361 e. The second-order valence-corrected chi connectivity index (χ2v) is 4.92. The van der Waals surface area contributed by atoms with Crippen LogP contribution in [0.4, 0.5) is 0 Å². The van der Waals surface area contributed by atoms with E-state index in [0.29, 0.717) is 13.0 Å². The number of benzene rings is 1. The molecule has 94 valence electrons. The van der Waals surface area contributed by atoms with Crippen LogP contribution in [0.2, 0.25) is 0 Å². The molecule has 4 heteroatoms. The largest absolute Gasteiger partial charge is 0.361 e. The van der Waals surface area contributed by atoms with E-state index in [1.807, 2.05) is 35.4 Å². The molecule has 0 unspecified atom stereocenters. The van der Waals surface area contributed by atoms with Gasteiger partial charge in [0.15, 0.2) is 0 Å². The Morgan fingerprint density at radius 2 is 2.28 bits per heavy atom. The van der Waals surface area contributed by atoms with Gasteiger partial charge in [-0.25, -0.2) is 0 Å². The number of amides is 1. The lowest BCUT2D eigenvalue weighted by molar-refractivity contribution is -0.129. The zero-order valence-corrected chi connectivity index (χ0v) is 10.2.